The number of anilines is 2. The predicted molar refractivity (Wildman–Crippen MR) is 118 cm³/mol. The van der Waals surface area contributed by atoms with E-state index in [9.17, 15) is 9.59 Å². The van der Waals surface area contributed by atoms with Crippen LogP contribution in [0.2, 0.25) is 0 Å². The molecule has 0 bridgehead atoms. The van der Waals surface area contributed by atoms with Gasteiger partial charge in [0.2, 0.25) is 11.9 Å². The summed E-state index contributed by atoms with van der Waals surface area (Å²) in [6.07, 6.45) is 10.1. The van der Waals surface area contributed by atoms with Gasteiger partial charge in [0.1, 0.15) is 23.8 Å². The van der Waals surface area contributed by atoms with Crippen LogP contribution >= 0.6 is 0 Å². The average Bonchev–Trinajstić information content (AvgIpc) is 3.53. The zero-order valence-electron chi connectivity index (χ0n) is 18.6. The Hall–Kier alpha value is -3.01. The summed E-state index contributed by atoms with van der Waals surface area (Å²) in [7, 11) is 1.79. The Bertz CT molecular complexity index is 1010. The Kier molecular flexibility index (Phi) is 5.54. The van der Waals surface area contributed by atoms with Gasteiger partial charge in [-0.05, 0) is 19.3 Å². The maximum Gasteiger partial charge on any atom is 0.274 e. The quantitative estimate of drug-likeness (QED) is 0.714. The third kappa shape index (κ3) is 3.52. The molecule has 0 N–H and O–H groups in total. The number of nitrogens with zero attached hydrogens (tertiary/aromatic N) is 7. The van der Waals surface area contributed by atoms with Crippen molar-refractivity contribution < 1.29 is 14.3 Å². The van der Waals surface area contributed by atoms with E-state index in [1.54, 1.807) is 40.1 Å². The Morgan fingerprint density at radius 3 is 2.66 bits per heavy atom. The summed E-state index contributed by atoms with van der Waals surface area (Å²) >= 11 is 0. The van der Waals surface area contributed by atoms with Crippen molar-refractivity contribution in [1.82, 2.24) is 24.4 Å². The van der Waals surface area contributed by atoms with E-state index in [1.165, 1.54) is 12.8 Å². The molecule has 32 heavy (non-hydrogen) atoms. The Morgan fingerprint density at radius 1 is 1.19 bits per heavy atom. The smallest absolute Gasteiger partial charge is 0.274 e. The first-order valence-electron chi connectivity index (χ1n) is 11.4. The lowest BCUT2D eigenvalue weighted by molar-refractivity contribution is -0.120. The van der Waals surface area contributed by atoms with Gasteiger partial charge in [0.25, 0.3) is 5.91 Å². The van der Waals surface area contributed by atoms with Crippen molar-refractivity contribution in [3.05, 3.63) is 24.4 Å². The van der Waals surface area contributed by atoms with Gasteiger partial charge in [-0.2, -0.15) is 4.98 Å². The third-order valence-corrected chi connectivity index (χ3v) is 6.73. The van der Waals surface area contributed by atoms with Gasteiger partial charge in [0.15, 0.2) is 5.82 Å². The van der Waals surface area contributed by atoms with E-state index in [1.807, 2.05) is 6.92 Å². The molecular weight excluding hydrogens is 410 g/mol. The number of hydrogen-bond donors (Lipinski definition) is 0. The van der Waals surface area contributed by atoms with Crippen LogP contribution in [0.5, 0.6) is 0 Å². The molecule has 5 rings (SSSR count). The normalized spacial score (nSPS) is 21.9. The Balaban J connectivity index is 1.49. The lowest BCUT2D eigenvalue weighted by Crippen LogP contribution is -2.55. The molecule has 2 aliphatic heterocycles. The lowest BCUT2D eigenvalue weighted by Gasteiger charge is -2.43. The largest absolute Gasteiger partial charge is 0.378 e. The molecule has 1 saturated carbocycles. The highest BCUT2D eigenvalue weighted by Gasteiger charge is 2.41. The molecule has 170 valence electrons. The molecule has 4 heterocycles. The van der Waals surface area contributed by atoms with Gasteiger partial charge < -0.3 is 19.4 Å². The highest BCUT2D eigenvalue weighted by Crippen LogP contribution is 2.39. The van der Waals surface area contributed by atoms with Crippen LogP contribution in [0, 0.1) is 0 Å². The number of amides is 2. The summed E-state index contributed by atoms with van der Waals surface area (Å²) in [4.78, 5) is 45.1. The summed E-state index contributed by atoms with van der Waals surface area (Å²) in [5.74, 6) is 1.20. The number of carbonyl (C=O) groups is 2. The molecule has 10 heteroatoms. The van der Waals surface area contributed by atoms with E-state index in [-0.39, 0.29) is 17.9 Å². The van der Waals surface area contributed by atoms with E-state index >= 15 is 0 Å². The monoisotopic (exact) mass is 439 g/mol. The summed E-state index contributed by atoms with van der Waals surface area (Å²) < 4.78 is 7.01. The minimum Gasteiger partial charge on any atom is -0.378 e. The van der Waals surface area contributed by atoms with Crippen molar-refractivity contribution in [2.45, 2.75) is 51.1 Å². The molecule has 1 atom stereocenters. The number of rotatable bonds is 4. The molecule has 0 spiro atoms. The number of hydrogen-bond acceptors (Lipinski definition) is 7. The summed E-state index contributed by atoms with van der Waals surface area (Å²) in [6, 6.07) is 0.0833. The fraction of sp³-hybridized carbons (Fsp3) is 0.591. The molecule has 0 aromatic carbocycles. The summed E-state index contributed by atoms with van der Waals surface area (Å²) in [5.41, 5.74) is 1.08. The second-order valence-electron chi connectivity index (χ2n) is 8.62. The van der Waals surface area contributed by atoms with Crippen LogP contribution in [-0.2, 0) is 9.53 Å². The Labute approximate surface area is 187 Å². The van der Waals surface area contributed by atoms with Crippen LogP contribution < -0.4 is 9.80 Å². The van der Waals surface area contributed by atoms with Gasteiger partial charge in [0.05, 0.1) is 19.4 Å². The van der Waals surface area contributed by atoms with Crippen LogP contribution in [-0.4, -0.2) is 81.7 Å². The predicted octanol–water partition coefficient (Wildman–Crippen LogP) is 1.64. The zero-order valence-corrected chi connectivity index (χ0v) is 18.6. The Morgan fingerprint density at radius 2 is 1.94 bits per heavy atom. The molecule has 0 radical (unpaired) electrons. The third-order valence-electron chi connectivity index (χ3n) is 6.73. The van der Waals surface area contributed by atoms with Gasteiger partial charge in [0, 0.05) is 32.4 Å². The molecule has 2 aromatic heterocycles. The number of carbonyl (C=O) groups excluding carboxylic acids is 2. The molecule has 1 saturated heterocycles. The topological polar surface area (TPSA) is 96.7 Å². The first-order chi connectivity index (χ1) is 15.6. The van der Waals surface area contributed by atoms with Gasteiger partial charge >= 0.3 is 0 Å². The number of fused-ring (bicyclic) bond motifs is 1. The van der Waals surface area contributed by atoms with Crippen molar-refractivity contribution in [1.29, 1.82) is 0 Å². The maximum atomic E-state index is 13.0. The van der Waals surface area contributed by atoms with Crippen LogP contribution in [0.15, 0.2) is 18.7 Å². The maximum absolute atomic E-state index is 13.0. The highest BCUT2D eigenvalue weighted by atomic mass is 16.5. The second-order valence-corrected chi connectivity index (χ2v) is 8.62. The zero-order chi connectivity index (χ0) is 22.2. The van der Waals surface area contributed by atoms with Gasteiger partial charge in [-0.25, -0.2) is 9.97 Å². The van der Waals surface area contributed by atoms with E-state index < -0.39 is 0 Å². The van der Waals surface area contributed by atoms with Crippen LogP contribution in [0.25, 0.3) is 5.95 Å². The first-order valence-corrected chi connectivity index (χ1v) is 11.4. The fourth-order valence-electron chi connectivity index (χ4n) is 4.97. The van der Waals surface area contributed by atoms with E-state index in [2.05, 4.69) is 14.9 Å². The lowest BCUT2D eigenvalue weighted by atomic mass is 10.0. The first kappa shape index (κ1) is 20.9. The molecule has 2 aromatic rings. The van der Waals surface area contributed by atoms with Crippen molar-refractivity contribution in [3.63, 3.8) is 0 Å². The van der Waals surface area contributed by atoms with Gasteiger partial charge in [-0.1, -0.05) is 19.8 Å². The molecule has 2 amide bonds. The number of likely N-dealkylation sites (N-methyl/N-ethyl adjacent to an activating group) is 1. The van der Waals surface area contributed by atoms with Gasteiger partial charge in [-0.3, -0.25) is 14.2 Å². The van der Waals surface area contributed by atoms with Crippen LogP contribution in [0.1, 0.15) is 49.5 Å². The number of aromatic nitrogens is 4. The van der Waals surface area contributed by atoms with Gasteiger partial charge in [-0.15, -0.1) is 0 Å². The molecule has 0 unspecified atom stereocenters. The summed E-state index contributed by atoms with van der Waals surface area (Å²) in [6.45, 7) is 4.27. The number of morpholine rings is 1. The SMILES string of the molecule is CC[C@@H]1C(=O)N(C)c2cnc(-n3cnc(C(=O)N4CCOCC4)c3)nc2N1C1CCCC1. The van der Waals surface area contributed by atoms with Crippen molar-refractivity contribution in [3.8, 4) is 5.95 Å². The minimum atomic E-state index is -0.223. The van der Waals surface area contributed by atoms with Crippen molar-refractivity contribution in [2.75, 3.05) is 43.2 Å². The number of imidazole rings is 1. The molecule has 10 nitrogen and oxygen atoms in total. The highest BCUT2D eigenvalue weighted by molar-refractivity contribution is 6.04. The molecule has 3 aliphatic rings. The number of ether oxygens (including phenoxy) is 1. The minimum absolute atomic E-state index is 0.0873. The second kappa shape index (κ2) is 8.50. The van der Waals surface area contributed by atoms with Crippen LogP contribution in [0.4, 0.5) is 11.5 Å². The van der Waals surface area contributed by atoms with E-state index in [4.69, 9.17) is 9.72 Å². The van der Waals surface area contributed by atoms with E-state index in [0.29, 0.717) is 44.0 Å². The standard InChI is InChI=1S/C22H29N7O3/c1-3-17-21(31)26(2)18-12-23-22(25-19(18)29(17)15-6-4-5-7-15)28-13-16(24-14-28)20(30)27-8-10-32-11-9-27/h12-15,17H,3-11H2,1-2H3/t17-/m1/s1. The van der Waals surface area contributed by atoms with E-state index in [0.717, 1.165) is 30.8 Å². The molecule has 2 fully saturated rings. The fourth-order valence-corrected chi connectivity index (χ4v) is 4.97. The van der Waals surface area contributed by atoms with Crippen molar-refractivity contribution in [2.24, 2.45) is 0 Å². The summed E-state index contributed by atoms with van der Waals surface area (Å²) in [5, 5.41) is 0. The average molecular weight is 440 g/mol. The van der Waals surface area contributed by atoms with Crippen molar-refractivity contribution >= 4 is 23.3 Å². The van der Waals surface area contributed by atoms with Crippen LogP contribution in [0.3, 0.4) is 0 Å². The molecular formula is C22H29N7O3. The molecule has 1 aliphatic carbocycles.